The fourth-order valence-corrected chi connectivity index (χ4v) is 5.73. The van der Waals surface area contributed by atoms with Crippen LogP contribution in [0.15, 0.2) is 54.9 Å². The lowest BCUT2D eigenvalue weighted by atomic mass is 9.93. The van der Waals surface area contributed by atoms with Crippen LogP contribution in [0.3, 0.4) is 0 Å². The van der Waals surface area contributed by atoms with E-state index in [1.807, 2.05) is 18.5 Å². The van der Waals surface area contributed by atoms with E-state index in [1.165, 1.54) is 16.6 Å². The van der Waals surface area contributed by atoms with E-state index in [2.05, 4.69) is 68.0 Å². The van der Waals surface area contributed by atoms with Gasteiger partial charge in [-0.05, 0) is 55.7 Å². The van der Waals surface area contributed by atoms with E-state index in [0.29, 0.717) is 30.3 Å². The summed E-state index contributed by atoms with van der Waals surface area (Å²) in [4.78, 5) is 29.2. The third-order valence-electron chi connectivity index (χ3n) is 7.38. The molecule has 2 atom stereocenters. The molecule has 32 heavy (non-hydrogen) atoms. The average Bonchev–Trinajstić information content (AvgIpc) is 3.05. The van der Waals surface area contributed by atoms with Crippen LogP contribution in [-0.4, -0.2) is 59.0 Å². The topological polar surface area (TPSA) is 52.6 Å². The number of piperazine rings is 1. The molecule has 3 saturated heterocycles. The second-order valence-electron chi connectivity index (χ2n) is 9.61. The molecule has 5 heterocycles. The Hall–Kier alpha value is -3.15. The maximum absolute atomic E-state index is 13.1. The molecule has 0 saturated carbocycles. The molecule has 1 amide bonds. The van der Waals surface area contributed by atoms with E-state index >= 15 is 0 Å². The minimum Gasteiger partial charge on any atom is -0.370 e. The molecule has 3 fully saturated rings. The van der Waals surface area contributed by atoms with Crippen molar-refractivity contribution >= 4 is 28.3 Å². The van der Waals surface area contributed by atoms with E-state index in [-0.39, 0.29) is 0 Å². The number of carbonyl (C=O) groups is 1. The van der Waals surface area contributed by atoms with Gasteiger partial charge in [-0.3, -0.25) is 9.78 Å². The summed E-state index contributed by atoms with van der Waals surface area (Å²) >= 11 is 0. The Kier molecular flexibility index (Phi) is 4.74. The molecule has 0 radical (unpaired) electrons. The molecule has 6 nitrogen and oxygen atoms in total. The monoisotopic (exact) mass is 427 g/mol. The number of aryl methyl sites for hydroxylation is 1. The highest BCUT2D eigenvalue weighted by molar-refractivity contribution is 5.92. The summed E-state index contributed by atoms with van der Waals surface area (Å²) in [7, 11) is 0. The Bertz CT molecular complexity index is 1120. The van der Waals surface area contributed by atoms with Gasteiger partial charge in [-0.15, -0.1) is 0 Å². The van der Waals surface area contributed by atoms with Crippen LogP contribution in [0, 0.1) is 12.8 Å². The average molecular weight is 428 g/mol. The summed E-state index contributed by atoms with van der Waals surface area (Å²) in [5, 5.41) is 1.19. The summed E-state index contributed by atoms with van der Waals surface area (Å²) < 4.78 is 0. The number of hydrogen-bond acceptors (Lipinski definition) is 5. The van der Waals surface area contributed by atoms with Gasteiger partial charge < -0.3 is 14.7 Å². The summed E-state index contributed by atoms with van der Waals surface area (Å²) in [5.41, 5.74) is 3.45. The molecular formula is C26H29N5O. The third-order valence-corrected chi connectivity index (χ3v) is 7.38. The Morgan fingerprint density at radius 1 is 0.969 bits per heavy atom. The Balaban J connectivity index is 1.07. The molecule has 3 aromatic rings. The largest absolute Gasteiger partial charge is 0.370 e. The molecule has 3 aliphatic heterocycles. The molecule has 0 N–H and O–H groups in total. The fraction of sp³-hybridized carbons (Fsp3) is 0.423. The number of carbonyl (C=O) groups excluding carboxylic acids is 1. The molecule has 0 spiro atoms. The molecule has 6 rings (SSSR count). The first kappa shape index (κ1) is 19.5. The van der Waals surface area contributed by atoms with Gasteiger partial charge in [0.1, 0.15) is 5.82 Å². The number of amides is 1. The van der Waals surface area contributed by atoms with Crippen molar-refractivity contribution in [3.8, 4) is 0 Å². The number of pyridine rings is 2. The van der Waals surface area contributed by atoms with Gasteiger partial charge in [0, 0.05) is 74.1 Å². The van der Waals surface area contributed by atoms with Crippen molar-refractivity contribution in [3.63, 3.8) is 0 Å². The highest BCUT2D eigenvalue weighted by Gasteiger charge is 2.42. The first-order chi connectivity index (χ1) is 15.7. The van der Waals surface area contributed by atoms with Crippen LogP contribution < -0.4 is 9.80 Å². The highest BCUT2D eigenvalue weighted by atomic mass is 16.2. The van der Waals surface area contributed by atoms with Crippen LogP contribution in [-0.2, 0) is 4.79 Å². The summed E-state index contributed by atoms with van der Waals surface area (Å²) in [6.07, 6.45) is 6.74. The number of benzene rings is 1. The number of hydrogen-bond donors (Lipinski definition) is 0. The maximum atomic E-state index is 13.1. The standard InChI is InChI=1S/C26H29N5O/c1-18-7-10-25(28-13-18)31-20-8-9-21(31)17-30(16-20)26(32)12-19-14-29(15-19)24-6-2-5-23-22(24)4-3-11-27-23/h2-7,10-11,13,19-21H,8-9,12,14-17H2,1H3. The lowest BCUT2D eigenvalue weighted by Crippen LogP contribution is -2.57. The van der Waals surface area contributed by atoms with Crippen molar-refractivity contribution in [1.82, 2.24) is 14.9 Å². The normalized spacial score (nSPS) is 23.0. The highest BCUT2D eigenvalue weighted by Crippen LogP contribution is 2.36. The summed E-state index contributed by atoms with van der Waals surface area (Å²) in [6, 6.07) is 15.5. The van der Waals surface area contributed by atoms with Crippen molar-refractivity contribution in [3.05, 3.63) is 60.4 Å². The molecule has 3 aliphatic rings. The maximum Gasteiger partial charge on any atom is 0.223 e. The molecule has 2 aromatic heterocycles. The molecule has 2 unspecified atom stereocenters. The molecule has 6 heteroatoms. The second-order valence-corrected chi connectivity index (χ2v) is 9.61. The SMILES string of the molecule is Cc1ccc(N2C3CCC2CN(C(=O)CC2CN(c4cccc5ncccc45)C2)C3)nc1. The van der Waals surface area contributed by atoms with Crippen LogP contribution in [0.5, 0.6) is 0 Å². The molecular weight excluding hydrogens is 398 g/mol. The van der Waals surface area contributed by atoms with Gasteiger partial charge in [-0.2, -0.15) is 0 Å². The van der Waals surface area contributed by atoms with Crippen LogP contribution >= 0.6 is 0 Å². The Morgan fingerprint density at radius 2 is 1.78 bits per heavy atom. The second kappa shape index (κ2) is 7.76. The third kappa shape index (κ3) is 3.38. The smallest absolute Gasteiger partial charge is 0.223 e. The molecule has 0 aliphatic carbocycles. The van der Waals surface area contributed by atoms with Crippen LogP contribution in [0.25, 0.3) is 10.9 Å². The number of nitrogens with zero attached hydrogens (tertiary/aromatic N) is 5. The van der Waals surface area contributed by atoms with Gasteiger partial charge in [-0.25, -0.2) is 4.98 Å². The van der Waals surface area contributed by atoms with Gasteiger partial charge in [0.25, 0.3) is 0 Å². The van der Waals surface area contributed by atoms with Crippen molar-refractivity contribution in [2.24, 2.45) is 5.92 Å². The number of fused-ring (bicyclic) bond motifs is 3. The fourth-order valence-electron chi connectivity index (χ4n) is 5.73. The van der Waals surface area contributed by atoms with Crippen molar-refractivity contribution in [2.75, 3.05) is 36.0 Å². The number of likely N-dealkylation sites (tertiary alicyclic amines) is 1. The van der Waals surface area contributed by atoms with Gasteiger partial charge >= 0.3 is 0 Å². The first-order valence-electron chi connectivity index (χ1n) is 11.7. The molecule has 164 valence electrons. The Morgan fingerprint density at radius 3 is 2.53 bits per heavy atom. The van der Waals surface area contributed by atoms with Crippen molar-refractivity contribution in [1.29, 1.82) is 0 Å². The summed E-state index contributed by atoms with van der Waals surface area (Å²) in [6.45, 7) is 5.62. The lowest BCUT2D eigenvalue weighted by molar-refractivity contribution is -0.133. The predicted molar refractivity (Wildman–Crippen MR) is 127 cm³/mol. The molecule has 1 aromatic carbocycles. The predicted octanol–water partition coefficient (Wildman–Crippen LogP) is 3.64. The summed E-state index contributed by atoms with van der Waals surface area (Å²) in [5.74, 6) is 1.82. The van der Waals surface area contributed by atoms with Crippen molar-refractivity contribution in [2.45, 2.75) is 38.3 Å². The van der Waals surface area contributed by atoms with E-state index in [1.54, 1.807) is 0 Å². The zero-order valence-electron chi connectivity index (χ0n) is 18.5. The quantitative estimate of drug-likeness (QED) is 0.636. The van der Waals surface area contributed by atoms with Crippen LogP contribution in [0.2, 0.25) is 0 Å². The van der Waals surface area contributed by atoms with Gasteiger partial charge in [0.15, 0.2) is 0 Å². The van der Waals surface area contributed by atoms with E-state index in [0.717, 1.165) is 50.4 Å². The van der Waals surface area contributed by atoms with E-state index < -0.39 is 0 Å². The minimum absolute atomic E-state index is 0.322. The zero-order valence-corrected chi connectivity index (χ0v) is 18.5. The van der Waals surface area contributed by atoms with Crippen LogP contribution in [0.4, 0.5) is 11.5 Å². The van der Waals surface area contributed by atoms with Gasteiger partial charge in [0.2, 0.25) is 5.91 Å². The number of anilines is 2. The first-order valence-corrected chi connectivity index (χ1v) is 11.7. The zero-order chi connectivity index (χ0) is 21.7. The van der Waals surface area contributed by atoms with E-state index in [9.17, 15) is 4.79 Å². The number of rotatable bonds is 4. The lowest BCUT2D eigenvalue weighted by Gasteiger charge is -2.44. The van der Waals surface area contributed by atoms with E-state index in [4.69, 9.17) is 0 Å². The Labute approximate surface area is 188 Å². The van der Waals surface area contributed by atoms with Gasteiger partial charge in [-0.1, -0.05) is 12.1 Å². The van der Waals surface area contributed by atoms with Crippen LogP contribution in [0.1, 0.15) is 24.8 Å². The number of aromatic nitrogens is 2. The van der Waals surface area contributed by atoms with Gasteiger partial charge in [0.05, 0.1) is 5.52 Å². The van der Waals surface area contributed by atoms with Crippen molar-refractivity contribution < 1.29 is 4.79 Å². The minimum atomic E-state index is 0.322. The molecule has 2 bridgehead atoms.